The van der Waals surface area contributed by atoms with Gasteiger partial charge in [-0.05, 0) is 38.6 Å². The minimum absolute atomic E-state index is 0.258. The number of carbonyl (C=O) groups excluding carboxylic acids is 1. The first-order valence-electron chi connectivity index (χ1n) is 8.77. The van der Waals surface area contributed by atoms with Gasteiger partial charge in [0.15, 0.2) is 0 Å². The van der Waals surface area contributed by atoms with E-state index in [0.29, 0.717) is 12.6 Å². The number of amides is 1. The number of hydrogen-bond donors (Lipinski definition) is 0. The van der Waals surface area contributed by atoms with Crippen LogP contribution >= 0.6 is 0 Å². The van der Waals surface area contributed by atoms with Gasteiger partial charge >= 0.3 is 0 Å². The third kappa shape index (κ3) is 3.05. The second-order valence-electron chi connectivity index (χ2n) is 6.52. The van der Waals surface area contributed by atoms with E-state index in [-0.39, 0.29) is 5.91 Å². The first kappa shape index (κ1) is 15.5. The molecule has 1 aromatic heterocycles. The Bertz CT molecular complexity index is 525. The molecule has 1 unspecified atom stereocenters. The number of fused-ring (bicyclic) bond motifs is 1. The van der Waals surface area contributed by atoms with E-state index in [9.17, 15) is 4.79 Å². The third-order valence-corrected chi connectivity index (χ3v) is 5.22. The van der Waals surface area contributed by atoms with E-state index in [1.807, 2.05) is 6.33 Å². The monoisotopic (exact) mass is 304 g/mol. The average Bonchev–Trinajstić information content (AvgIpc) is 2.97. The van der Waals surface area contributed by atoms with E-state index in [4.69, 9.17) is 0 Å². The van der Waals surface area contributed by atoms with E-state index in [2.05, 4.69) is 33.2 Å². The van der Waals surface area contributed by atoms with Crippen LogP contribution in [0.2, 0.25) is 0 Å². The van der Waals surface area contributed by atoms with Crippen molar-refractivity contribution in [1.82, 2.24) is 19.4 Å². The summed E-state index contributed by atoms with van der Waals surface area (Å²) >= 11 is 0. The molecule has 5 heteroatoms. The van der Waals surface area contributed by atoms with Gasteiger partial charge in [-0.25, -0.2) is 4.98 Å². The van der Waals surface area contributed by atoms with Gasteiger partial charge < -0.3 is 9.47 Å². The molecule has 1 fully saturated rings. The van der Waals surface area contributed by atoms with Crippen molar-refractivity contribution in [2.45, 2.75) is 58.5 Å². The van der Waals surface area contributed by atoms with Crippen LogP contribution in [-0.4, -0.2) is 57.5 Å². The fraction of sp³-hybridized carbons (Fsp3) is 0.765. The molecule has 2 aliphatic rings. The predicted molar refractivity (Wildman–Crippen MR) is 86.8 cm³/mol. The van der Waals surface area contributed by atoms with Crippen LogP contribution < -0.4 is 0 Å². The standard InChI is InChI=1S/C17H28N4O/c1-3-14-11-19(4-2)9-10-21(14)17(22)12-20-13-18-15-7-5-6-8-16(15)20/h13-14H,3-12H2,1-2H3. The molecule has 0 N–H and O–H groups in total. The highest BCUT2D eigenvalue weighted by Crippen LogP contribution is 2.20. The lowest BCUT2D eigenvalue weighted by atomic mass is 10.0. The van der Waals surface area contributed by atoms with Crippen molar-refractivity contribution in [3.8, 4) is 0 Å². The minimum Gasteiger partial charge on any atom is -0.336 e. The number of imidazole rings is 1. The van der Waals surface area contributed by atoms with E-state index < -0.39 is 0 Å². The molecule has 5 nitrogen and oxygen atoms in total. The Balaban J connectivity index is 1.67. The maximum atomic E-state index is 12.8. The largest absolute Gasteiger partial charge is 0.336 e. The molecule has 2 heterocycles. The summed E-state index contributed by atoms with van der Waals surface area (Å²) in [5, 5.41) is 0. The molecule has 1 saturated heterocycles. The molecule has 1 aromatic rings. The summed E-state index contributed by atoms with van der Waals surface area (Å²) in [7, 11) is 0. The fourth-order valence-corrected chi connectivity index (χ4v) is 3.79. The Hall–Kier alpha value is -1.36. The van der Waals surface area contributed by atoms with E-state index in [1.54, 1.807) is 0 Å². The summed E-state index contributed by atoms with van der Waals surface area (Å²) in [5.41, 5.74) is 2.50. The molecule has 0 spiro atoms. The Kier molecular flexibility index (Phi) is 4.81. The molecular formula is C17H28N4O. The highest BCUT2D eigenvalue weighted by molar-refractivity contribution is 5.76. The van der Waals surface area contributed by atoms with Crippen molar-refractivity contribution < 1.29 is 4.79 Å². The van der Waals surface area contributed by atoms with Gasteiger partial charge in [-0.2, -0.15) is 0 Å². The predicted octanol–water partition coefficient (Wildman–Crippen LogP) is 1.70. The number of piperazine rings is 1. The summed E-state index contributed by atoms with van der Waals surface area (Å²) in [4.78, 5) is 21.8. The van der Waals surface area contributed by atoms with E-state index in [0.717, 1.165) is 45.4 Å². The van der Waals surface area contributed by atoms with Crippen LogP contribution in [0.4, 0.5) is 0 Å². The molecule has 0 saturated carbocycles. The van der Waals surface area contributed by atoms with E-state index >= 15 is 0 Å². The van der Waals surface area contributed by atoms with Crippen molar-refractivity contribution in [2.75, 3.05) is 26.2 Å². The summed E-state index contributed by atoms with van der Waals surface area (Å²) in [6, 6.07) is 0.362. The van der Waals surface area contributed by atoms with Crippen LogP contribution in [0.5, 0.6) is 0 Å². The zero-order valence-corrected chi connectivity index (χ0v) is 13.9. The molecule has 1 aliphatic carbocycles. The third-order valence-electron chi connectivity index (χ3n) is 5.22. The Labute approximate surface area is 133 Å². The minimum atomic E-state index is 0.258. The lowest BCUT2D eigenvalue weighted by Crippen LogP contribution is -2.55. The Morgan fingerprint density at radius 3 is 2.86 bits per heavy atom. The van der Waals surface area contributed by atoms with Gasteiger partial charge in [0.2, 0.25) is 5.91 Å². The number of carbonyl (C=O) groups is 1. The quantitative estimate of drug-likeness (QED) is 0.850. The second kappa shape index (κ2) is 6.82. The van der Waals surface area contributed by atoms with Crippen LogP contribution in [0.25, 0.3) is 0 Å². The molecule has 3 rings (SSSR count). The molecule has 22 heavy (non-hydrogen) atoms. The summed E-state index contributed by atoms with van der Waals surface area (Å²) in [6.07, 6.45) is 7.50. The first-order chi connectivity index (χ1) is 10.7. The van der Waals surface area contributed by atoms with Crippen molar-refractivity contribution in [3.63, 3.8) is 0 Å². The highest BCUT2D eigenvalue weighted by Gasteiger charge is 2.29. The SMILES string of the molecule is CCC1CN(CC)CCN1C(=O)Cn1cnc2c1CCCC2. The maximum Gasteiger partial charge on any atom is 0.242 e. The van der Waals surface area contributed by atoms with Crippen LogP contribution in [0.1, 0.15) is 44.5 Å². The topological polar surface area (TPSA) is 41.4 Å². The normalized spacial score (nSPS) is 22.6. The average molecular weight is 304 g/mol. The molecule has 1 aliphatic heterocycles. The first-order valence-corrected chi connectivity index (χ1v) is 8.77. The van der Waals surface area contributed by atoms with Crippen molar-refractivity contribution in [1.29, 1.82) is 0 Å². The molecule has 0 aromatic carbocycles. The fourth-order valence-electron chi connectivity index (χ4n) is 3.79. The van der Waals surface area contributed by atoms with Gasteiger partial charge in [0.05, 0.1) is 12.0 Å². The zero-order chi connectivity index (χ0) is 15.5. The Morgan fingerprint density at radius 2 is 2.09 bits per heavy atom. The van der Waals surface area contributed by atoms with Gasteiger partial charge in [0, 0.05) is 31.4 Å². The summed E-state index contributed by atoms with van der Waals surface area (Å²) in [6.45, 7) is 8.80. The van der Waals surface area contributed by atoms with Gasteiger partial charge in [-0.3, -0.25) is 9.69 Å². The number of aryl methyl sites for hydroxylation is 1. The number of likely N-dealkylation sites (N-methyl/N-ethyl adjacent to an activating group) is 1. The Morgan fingerprint density at radius 1 is 1.27 bits per heavy atom. The maximum absolute atomic E-state index is 12.8. The van der Waals surface area contributed by atoms with Crippen LogP contribution in [0.3, 0.4) is 0 Å². The van der Waals surface area contributed by atoms with Crippen molar-refractivity contribution in [3.05, 3.63) is 17.7 Å². The van der Waals surface area contributed by atoms with E-state index in [1.165, 1.54) is 24.2 Å². The van der Waals surface area contributed by atoms with Crippen LogP contribution in [0.15, 0.2) is 6.33 Å². The lowest BCUT2D eigenvalue weighted by molar-refractivity contribution is -0.136. The zero-order valence-electron chi connectivity index (χ0n) is 13.9. The molecule has 1 atom stereocenters. The molecule has 0 radical (unpaired) electrons. The summed E-state index contributed by atoms with van der Waals surface area (Å²) in [5.74, 6) is 0.258. The van der Waals surface area contributed by atoms with Gasteiger partial charge in [0.25, 0.3) is 0 Å². The molecule has 1 amide bonds. The van der Waals surface area contributed by atoms with Crippen molar-refractivity contribution >= 4 is 5.91 Å². The second-order valence-corrected chi connectivity index (χ2v) is 6.52. The molecule has 122 valence electrons. The highest BCUT2D eigenvalue weighted by atomic mass is 16.2. The molecule has 0 bridgehead atoms. The smallest absolute Gasteiger partial charge is 0.242 e. The van der Waals surface area contributed by atoms with Crippen molar-refractivity contribution in [2.24, 2.45) is 0 Å². The lowest BCUT2D eigenvalue weighted by Gasteiger charge is -2.41. The molecular weight excluding hydrogens is 276 g/mol. The van der Waals surface area contributed by atoms with Gasteiger partial charge in [0.1, 0.15) is 6.54 Å². The van der Waals surface area contributed by atoms with Crippen LogP contribution in [0, 0.1) is 0 Å². The number of nitrogens with zero attached hydrogens (tertiary/aromatic N) is 4. The number of rotatable bonds is 4. The van der Waals surface area contributed by atoms with Gasteiger partial charge in [-0.1, -0.05) is 13.8 Å². The van der Waals surface area contributed by atoms with Gasteiger partial charge in [-0.15, -0.1) is 0 Å². The summed E-state index contributed by atoms with van der Waals surface area (Å²) < 4.78 is 2.09. The number of aromatic nitrogens is 2. The number of hydrogen-bond acceptors (Lipinski definition) is 3. The van der Waals surface area contributed by atoms with Crippen LogP contribution in [-0.2, 0) is 24.2 Å².